The van der Waals surface area contributed by atoms with E-state index < -0.39 is 0 Å². The lowest BCUT2D eigenvalue weighted by atomic mass is 10.1. The summed E-state index contributed by atoms with van der Waals surface area (Å²) in [4.78, 5) is 15.6. The standard InChI is InChI=1S/C16H21NO2S/c1-6-11(2)7-8-16(19-14(5)18)12(3)9-15-10-20-13(4)17-15/h6-7,9-10,16H,1,8H2,2-5H3/b11-7+,12-9+/t16-/m0/s1. The second kappa shape index (κ2) is 7.80. The van der Waals surface area contributed by atoms with Crippen LogP contribution < -0.4 is 0 Å². The summed E-state index contributed by atoms with van der Waals surface area (Å²) in [6.07, 6.45) is 6.15. The number of aromatic nitrogens is 1. The van der Waals surface area contributed by atoms with Crippen LogP contribution in [0, 0.1) is 6.92 Å². The molecule has 0 aliphatic heterocycles. The molecule has 1 rings (SSSR count). The number of carbonyl (C=O) groups is 1. The first-order valence-electron chi connectivity index (χ1n) is 6.49. The van der Waals surface area contributed by atoms with Gasteiger partial charge in [0.05, 0.1) is 10.7 Å². The molecule has 0 spiro atoms. The van der Waals surface area contributed by atoms with E-state index in [0.717, 1.165) is 21.8 Å². The smallest absolute Gasteiger partial charge is 0.303 e. The Kier molecular flexibility index (Phi) is 6.39. The Hall–Kier alpha value is -1.68. The molecule has 0 N–H and O–H groups in total. The number of thiazole rings is 1. The van der Waals surface area contributed by atoms with E-state index in [4.69, 9.17) is 4.74 Å². The number of nitrogens with zero attached hydrogens (tertiary/aromatic N) is 1. The molecule has 0 saturated carbocycles. The minimum absolute atomic E-state index is 0.260. The number of esters is 1. The lowest BCUT2D eigenvalue weighted by Crippen LogP contribution is -2.17. The van der Waals surface area contributed by atoms with Crippen molar-refractivity contribution in [2.45, 2.75) is 40.2 Å². The van der Waals surface area contributed by atoms with Gasteiger partial charge in [-0.15, -0.1) is 11.3 Å². The highest BCUT2D eigenvalue weighted by atomic mass is 32.1. The van der Waals surface area contributed by atoms with Crippen LogP contribution in [0.5, 0.6) is 0 Å². The molecule has 0 amide bonds. The lowest BCUT2D eigenvalue weighted by molar-refractivity contribution is -0.144. The Balaban J connectivity index is 2.88. The van der Waals surface area contributed by atoms with Crippen molar-refractivity contribution in [1.82, 2.24) is 4.98 Å². The fraction of sp³-hybridized carbons (Fsp3) is 0.375. The molecule has 0 aliphatic rings. The van der Waals surface area contributed by atoms with Crippen molar-refractivity contribution in [2.24, 2.45) is 0 Å². The van der Waals surface area contributed by atoms with Gasteiger partial charge in [-0.05, 0) is 32.4 Å². The quantitative estimate of drug-likeness (QED) is 0.579. The molecular weight excluding hydrogens is 270 g/mol. The summed E-state index contributed by atoms with van der Waals surface area (Å²) in [5, 5.41) is 3.02. The predicted molar refractivity (Wildman–Crippen MR) is 84.6 cm³/mol. The van der Waals surface area contributed by atoms with E-state index in [-0.39, 0.29) is 12.1 Å². The monoisotopic (exact) mass is 291 g/mol. The van der Waals surface area contributed by atoms with Gasteiger partial charge < -0.3 is 4.74 Å². The van der Waals surface area contributed by atoms with Crippen molar-refractivity contribution in [3.05, 3.63) is 46.0 Å². The zero-order valence-electron chi connectivity index (χ0n) is 12.5. The summed E-state index contributed by atoms with van der Waals surface area (Å²) in [5.41, 5.74) is 2.96. The summed E-state index contributed by atoms with van der Waals surface area (Å²) >= 11 is 1.61. The van der Waals surface area contributed by atoms with Crippen molar-refractivity contribution < 1.29 is 9.53 Å². The van der Waals surface area contributed by atoms with Crippen LogP contribution in [0.2, 0.25) is 0 Å². The molecule has 3 nitrogen and oxygen atoms in total. The highest BCUT2D eigenvalue weighted by molar-refractivity contribution is 7.09. The zero-order chi connectivity index (χ0) is 15.1. The summed E-state index contributed by atoms with van der Waals surface area (Å²) in [6, 6.07) is 0. The molecule has 0 fully saturated rings. The molecule has 0 bridgehead atoms. The molecule has 0 saturated heterocycles. The maximum atomic E-state index is 11.2. The van der Waals surface area contributed by atoms with Crippen LogP contribution in [0.15, 0.2) is 35.3 Å². The molecule has 20 heavy (non-hydrogen) atoms. The molecular formula is C16H21NO2S. The normalized spacial score (nSPS) is 14.0. The molecule has 0 radical (unpaired) electrons. The van der Waals surface area contributed by atoms with Crippen molar-refractivity contribution in [2.75, 3.05) is 0 Å². The Bertz CT molecular complexity index is 540. The largest absolute Gasteiger partial charge is 0.458 e. The molecule has 1 aromatic rings. The first-order valence-corrected chi connectivity index (χ1v) is 7.37. The first kappa shape index (κ1) is 16.4. The number of ether oxygens (including phenoxy) is 1. The topological polar surface area (TPSA) is 39.2 Å². The van der Waals surface area contributed by atoms with Gasteiger partial charge in [-0.1, -0.05) is 24.3 Å². The minimum atomic E-state index is -0.276. The Morgan fingerprint density at radius 3 is 2.70 bits per heavy atom. The molecule has 1 atom stereocenters. The van der Waals surface area contributed by atoms with Crippen LogP contribution in [0.25, 0.3) is 6.08 Å². The number of hydrogen-bond donors (Lipinski definition) is 0. The highest BCUT2D eigenvalue weighted by Gasteiger charge is 2.13. The molecule has 0 aliphatic carbocycles. The van der Waals surface area contributed by atoms with E-state index in [1.165, 1.54) is 6.92 Å². The second-order valence-corrected chi connectivity index (χ2v) is 5.73. The van der Waals surface area contributed by atoms with Gasteiger partial charge in [-0.3, -0.25) is 4.79 Å². The second-order valence-electron chi connectivity index (χ2n) is 4.67. The van der Waals surface area contributed by atoms with E-state index in [2.05, 4.69) is 11.6 Å². The van der Waals surface area contributed by atoms with Crippen molar-refractivity contribution in [1.29, 1.82) is 0 Å². The Morgan fingerprint density at radius 2 is 2.20 bits per heavy atom. The molecule has 1 aromatic heterocycles. The van der Waals surface area contributed by atoms with Gasteiger partial charge in [0, 0.05) is 18.7 Å². The van der Waals surface area contributed by atoms with E-state index in [1.807, 2.05) is 38.3 Å². The van der Waals surface area contributed by atoms with Crippen LogP contribution in [-0.2, 0) is 9.53 Å². The summed E-state index contributed by atoms with van der Waals surface area (Å²) < 4.78 is 5.38. The van der Waals surface area contributed by atoms with Crippen LogP contribution >= 0.6 is 11.3 Å². The van der Waals surface area contributed by atoms with Crippen LogP contribution in [-0.4, -0.2) is 17.1 Å². The van der Waals surface area contributed by atoms with E-state index in [0.29, 0.717) is 6.42 Å². The number of carbonyl (C=O) groups excluding carboxylic acids is 1. The zero-order valence-corrected chi connectivity index (χ0v) is 13.3. The summed E-state index contributed by atoms with van der Waals surface area (Å²) in [7, 11) is 0. The maximum Gasteiger partial charge on any atom is 0.303 e. The molecule has 108 valence electrons. The fourth-order valence-corrected chi connectivity index (χ4v) is 2.25. The number of aryl methyl sites for hydroxylation is 1. The third-order valence-electron chi connectivity index (χ3n) is 2.80. The average molecular weight is 291 g/mol. The molecule has 1 heterocycles. The maximum absolute atomic E-state index is 11.2. The van der Waals surface area contributed by atoms with Crippen molar-refractivity contribution in [3.63, 3.8) is 0 Å². The van der Waals surface area contributed by atoms with E-state index >= 15 is 0 Å². The minimum Gasteiger partial charge on any atom is -0.458 e. The van der Waals surface area contributed by atoms with Gasteiger partial charge in [-0.2, -0.15) is 0 Å². The van der Waals surface area contributed by atoms with Crippen LogP contribution in [0.3, 0.4) is 0 Å². The lowest BCUT2D eigenvalue weighted by Gasteiger charge is -2.16. The average Bonchev–Trinajstić information content (AvgIpc) is 2.78. The Morgan fingerprint density at radius 1 is 1.50 bits per heavy atom. The van der Waals surface area contributed by atoms with Gasteiger partial charge in [-0.25, -0.2) is 4.98 Å². The van der Waals surface area contributed by atoms with E-state index in [9.17, 15) is 4.79 Å². The predicted octanol–water partition coefficient (Wildman–Crippen LogP) is 4.31. The van der Waals surface area contributed by atoms with Crippen molar-refractivity contribution in [3.8, 4) is 0 Å². The van der Waals surface area contributed by atoms with Gasteiger partial charge in [0.15, 0.2) is 0 Å². The van der Waals surface area contributed by atoms with Gasteiger partial charge in [0.1, 0.15) is 6.10 Å². The number of allylic oxidation sites excluding steroid dienone is 2. The first-order chi connectivity index (χ1) is 9.42. The number of hydrogen-bond acceptors (Lipinski definition) is 4. The van der Waals surface area contributed by atoms with Crippen LogP contribution in [0.1, 0.15) is 37.9 Å². The van der Waals surface area contributed by atoms with E-state index in [1.54, 1.807) is 17.4 Å². The van der Waals surface area contributed by atoms with Crippen molar-refractivity contribution >= 4 is 23.4 Å². The Labute approximate surface area is 124 Å². The highest BCUT2D eigenvalue weighted by Crippen LogP contribution is 2.18. The molecule has 4 heteroatoms. The van der Waals surface area contributed by atoms with Crippen LogP contribution in [0.4, 0.5) is 0 Å². The summed E-state index contributed by atoms with van der Waals surface area (Å²) in [6.45, 7) is 11.0. The third-order valence-corrected chi connectivity index (χ3v) is 3.60. The summed E-state index contributed by atoms with van der Waals surface area (Å²) in [5.74, 6) is -0.276. The third kappa shape index (κ3) is 5.53. The molecule has 0 unspecified atom stereocenters. The molecule has 0 aromatic carbocycles. The van der Waals surface area contributed by atoms with Gasteiger partial charge in [0.25, 0.3) is 0 Å². The van der Waals surface area contributed by atoms with Gasteiger partial charge in [0.2, 0.25) is 0 Å². The fourth-order valence-electron chi connectivity index (χ4n) is 1.68. The number of rotatable bonds is 6. The van der Waals surface area contributed by atoms with Gasteiger partial charge >= 0.3 is 5.97 Å². The SMILES string of the molecule is C=C/C(C)=C/C[C@H](OC(C)=O)/C(C)=C/c1csc(C)n1.